The highest BCUT2D eigenvalue weighted by Gasteiger charge is 2.22. The van der Waals surface area contributed by atoms with Gasteiger partial charge in [-0.1, -0.05) is 109 Å². The number of benzene rings is 5. The third-order valence-corrected chi connectivity index (χ3v) is 6.91. The SMILES string of the molecule is O=C1C(c2ccccc2)=CC(=CN=Cc2ccc(N(c3ccccc3)c3ccccc3)cc2)C=C1c1ccccc1. The molecule has 5 aromatic carbocycles. The van der Waals surface area contributed by atoms with Crippen LogP contribution in [0.1, 0.15) is 16.7 Å². The number of para-hydroxylation sites is 2. The molecule has 0 saturated carbocycles. The number of ketones is 1. The Bertz CT molecular complexity index is 1650. The lowest BCUT2D eigenvalue weighted by molar-refractivity contribution is -0.108. The molecule has 0 aromatic heterocycles. The fourth-order valence-corrected chi connectivity index (χ4v) is 4.91. The van der Waals surface area contributed by atoms with E-state index in [1.807, 2.05) is 122 Å². The van der Waals surface area contributed by atoms with Crippen LogP contribution in [0.2, 0.25) is 0 Å². The number of allylic oxidation sites excluding steroid dienone is 5. The quantitative estimate of drug-likeness (QED) is 0.197. The molecular weight excluding hydrogens is 500 g/mol. The normalized spacial score (nSPS) is 13.1. The number of rotatable bonds is 7. The van der Waals surface area contributed by atoms with E-state index in [4.69, 9.17) is 0 Å². The molecule has 0 atom stereocenters. The fraction of sp³-hybridized carbons (Fsp3) is 0. The molecule has 5 aromatic rings. The van der Waals surface area contributed by atoms with E-state index in [0.717, 1.165) is 39.3 Å². The second kappa shape index (κ2) is 12.1. The summed E-state index contributed by atoms with van der Waals surface area (Å²) in [4.78, 5) is 20.3. The summed E-state index contributed by atoms with van der Waals surface area (Å²) in [7, 11) is 0. The molecule has 0 aliphatic heterocycles. The monoisotopic (exact) mass is 528 g/mol. The van der Waals surface area contributed by atoms with Crippen LogP contribution >= 0.6 is 0 Å². The molecule has 0 saturated heterocycles. The molecule has 0 unspecified atom stereocenters. The predicted molar refractivity (Wildman–Crippen MR) is 171 cm³/mol. The van der Waals surface area contributed by atoms with Crippen molar-refractivity contribution in [2.75, 3.05) is 4.90 Å². The van der Waals surface area contributed by atoms with Crippen LogP contribution in [0.3, 0.4) is 0 Å². The van der Waals surface area contributed by atoms with Crippen molar-refractivity contribution in [1.29, 1.82) is 0 Å². The number of hydrogen-bond acceptors (Lipinski definition) is 3. The Morgan fingerprint density at radius 1 is 0.488 bits per heavy atom. The number of anilines is 3. The van der Waals surface area contributed by atoms with Crippen molar-refractivity contribution in [1.82, 2.24) is 0 Å². The maximum atomic E-state index is 13.5. The minimum absolute atomic E-state index is 0.0144. The van der Waals surface area contributed by atoms with Crippen LogP contribution in [0.5, 0.6) is 0 Å². The minimum atomic E-state index is 0.0144. The summed E-state index contributed by atoms with van der Waals surface area (Å²) in [6.45, 7) is 0. The second-order valence-corrected chi connectivity index (χ2v) is 9.68. The molecule has 0 amide bonds. The largest absolute Gasteiger partial charge is 0.311 e. The fourth-order valence-electron chi connectivity index (χ4n) is 4.91. The molecule has 41 heavy (non-hydrogen) atoms. The van der Waals surface area contributed by atoms with Crippen LogP contribution in [0.25, 0.3) is 11.1 Å². The Kier molecular flexibility index (Phi) is 7.59. The zero-order valence-corrected chi connectivity index (χ0v) is 22.5. The minimum Gasteiger partial charge on any atom is -0.311 e. The number of hydrogen-bond donors (Lipinski definition) is 0. The van der Waals surface area contributed by atoms with Crippen molar-refractivity contribution in [3.05, 3.63) is 186 Å². The first-order valence-electron chi connectivity index (χ1n) is 13.6. The van der Waals surface area contributed by atoms with E-state index in [2.05, 4.69) is 58.4 Å². The highest BCUT2D eigenvalue weighted by atomic mass is 16.1. The predicted octanol–water partition coefficient (Wildman–Crippen LogP) is 9.21. The summed E-state index contributed by atoms with van der Waals surface area (Å²) in [6, 6.07) is 48.6. The zero-order valence-electron chi connectivity index (χ0n) is 22.5. The van der Waals surface area contributed by atoms with Gasteiger partial charge >= 0.3 is 0 Å². The van der Waals surface area contributed by atoms with Gasteiger partial charge in [-0.15, -0.1) is 0 Å². The average molecular weight is 529 g/mol. The molecule has 0 fully saturated rings. The highest BCUT2D eigenvalue weighted by Crippen LogP contribution is 2.34. The molecule has 3 nitrogen and oxygen atoms in total. The summed E-state index contributed by atoms with van der Waals surface area (Å²) in [5.74, 6) is 0.0144. The molecule has 1 aliphatic carbocycles. The summed E-state index contributed by atoms with van der Waals surface area (Å²) in [6.07, 6.45) is 7.49. The molecule has 0 bridgehead atoms. The Morgan fingerprint density at radius 3 is 1.37 bits per heavy atom. The summed E-state index contributed by atoms with van der Waals surface area (Å²) < 4.78 is 0. The maximum Gasteiger partial charge on any atom is 0.194 e. The first-order valence-corrected chi connectivity index (χ1v) is 13.6. The third kappa shape index (κ3) is 5.90. The molecule has 0 radical (unpaired) electrons. The lowest BCUT2D eigenvalue weighted by Gasteiger charge is -2.25. The van der Waals surface area contributed by atoms with Gasteiger partial charge in [0.05, 0.1) is 0 Å². The molecule has 196 valence electrons. The summed E-state index contributed by atoms with van der Waals surface area (Å²) >= 11 is 0. The van der Waals surface area contributed by atoms with Crippen molar-refractivity contribution in [3.8, 4) is 0 Å². The number of aliphatic imine (C=N–C) groups is 1. The van der Waals surface area contributed by atoms with Gasteiger partial charge in [0.25, 0.3) is 0 Å². The van der Waals surface area contributed by atoms with Crippen LogP contribution in [0.4, 0.5) is 17.1 Å². The number of Topliss-reactive ketones (excluding diaryl/α,β-unsaturated/α-hetero) is 1. The zero-order chi connectivity index (χ0) is 27.9. The van der Waals surface area contributed by atoms with Gasteiger partial charge in [0.1, 0.15) is 0 Å². The first-order chi connectivity index (χ1) is 20.3. The van der Waals surface area contributed by atoms with E-state index in [-0.39, 0.29) is 5.78 Å². The van der Waals surface area contributed by atoms with Gasteiger partial charge in [-0.05, 0) is 70.8 Å². The Labute approximate surface area is 240 Å². The maximum absolute atomic E-state index is 13.5. The summed E-state index contributed by atoms with van der Waals surface area (Å²) in [5.41, 5.74) is 8.23. The van der Waals surface area contributed by atoms with Crippen LogP contribution in [-0.2, 0) is 4.79 Å². The van der Waals surface area contributed by atoms with Crippen molar-refractivity contribution < 1.29 is 4.79 Å². The Hall–Kier alpha value is -5.54. The lowest BCUT2D eigenvalue weighted by atomic mass is 9.86. The van der Waals surface area contributed by atoms with Crippen LogP contribution in [0.15, 0.2) is 175 Å². The van der Waals surface area contributed by atoms with Crippen molar-refractivity contribution >= 4 is 40.2 Å². The molecule has 6 rings (SSSR count). The average Bonchev–Trinajstić information content (AvgIpc) is 3.04. The van der Waals surface area contributed by atoms with Gasteiger partial charge in [-0.2, -0.15) is 0 Å². The van der Waals surface area contributed by atoms with E-state index in [1.165, 1.54) is 0 Å². The van der Waals surface area contributed by atoms with Crippen LogP contribution in [-0.4, -0.2) is 12.0 Å². The van der Waals surface area contributed by atoms with Gasteiger partial charge in [0, 0.05) is 40.6 Å². The van der Waals surface area contributed by atoms with Crippen molar-refractivity contribution in [2.45, 2.75) is 0 Å². The molecular formula is C38H28N2O. The standard InChI is InChI=1S/C38H28N2O/c41-38-36(31-13-5-1-6-14-31)25-30(26-37(38)32-15-7-2-8-16-32)28-39-27-29-21-23-35(24-22-29)40(33-17-9-3-10-18-33)34-19-11-4-12-20-34/h1-28H. The molecule has 3 heteroatoms. The van der Waals surface area contributed by atoms with E-state index in [0.29, 0.717) is 11.1 Å². The first kappa shape index (κ1) is 25.7. The highest BCUT2D eigenvalue weighted by molar-refractivity contribution is 6.43. The molecule has 1 aliphatic rings. The van der Waals surface area contributed by atoms with Gasteiger partial charge in [-0.25, -0.2) is 0 Å². The number of carbonyl (C=O) groups excluding carboxylic acids is 1. The van der Waals surface area contributed by atoms with E-state index >= 15 is 0 Å². The molecule has 0 N–H and O–H groups in total. The van der Waals surface area contributed by atoms with Gasteiger partial charge < -0.3 is 4.90 Å². The van der Waals surface area contributed by atoms with E-state index < -0.39 is 0 Å². The third-order valence-electron chi connectivity index (χ3n) is 6.91. The van der Waals surface area contributed by atoms with E-state index in [1.54, 1.807) is 0 Å². The Balaban J connectivity index is 1.29. The molecule has 0 heterocycles. The lowest BCUT2D eigenvalue weighted by Crippen LogP contribution is -2.09. The van der Waals surface area contributed by atoms with Crippen molar-refractivity contribution in [3.63, 3.8) is 0 Å². The van der Waals surface area contributed by atoms with Gasteiger partial charge in [0.2, 0.25) is 0 Å². The second-order valence-electron chi connectivity index (χ2n) is 9.68. The van der Waals surface area contributed by atoms with Crippen LogP contribution < -0.4 is 4.90 Å². The topological polar surface area (TPSA) is 32.7 Å². The van der Waals surface area contributed by atoms with Gasteiger partial charge in [0.15, 0.2) is 5.78 Å². The number of nitrogens with zero attached hydrogens (tertiary/aromatic N) is 2. The summed E-state index contributed by atoms with van der Waals surface area (Å²) in [5, 5.41) is 0. The van der Waals surface area contributed by atoms with Crippen molar-refractivity contribution in [2.24, 2.45) is 4.99 Å². The van der Waals surface area contributed by atoms with E-state index in [9.17, 15) is 4.79 Å². The smallest absolute Gasteiger partial charge is 0.194 e. The Morgan fingerprint density at radius 2 is 0.902 bits per heavy atom. The van der Waals surface area contributed by atoms with Crippen LogP contribution in [0, 0.1) is 0 Å². The van der Waals surface area contributed by atoms with Gasteiger partial charge in [-0.3, -0.25) is 9.79 Å². The number of carbonyl (C=O) groups is 1. The molecule has 0 spiro atoms.